The Morgan fingerprint density at radius 2 is 1.87 bits per heavy atom. The topological polar surface area (TPSA) is 0 Å². The molecule has 80 valence electrons. The number of hydrogen-bond acceptors (Lipinski definition) is 2. The second kappa shape index (κ2) is 5.35. The molecule has 0 bridgehead atoms. The smallest absolute Gasteiger partial charge is 0.113 e. The number of hydrogen-bond donors (Lipinski definition) is 1. The number of thiol groups is 1. The molecule has 0 fully saturated rings. The van der Waals surface area contributed by atoms with Gasteiger partial charge in [0.1, 0.15) is 7.85 Å². The van der Waals surface area contributed by atoms with Crippen molar-refractivity contribution in [1.29, 1.82) is 0 Å². The van der Waals surface area contributed by atoms with Gasteiger partial charge in [-0.2, -0.15) is 12.6 Å². The van der Waals surface area contributed by atoms with Crippen molar-refractivity contribution < 1.29 is 0 Å². The third-order valence-electron chi connectivity index (χ3n) is 2.72. The zero-order valence-corrected chi connectivity index (χ0v) is 11.2. The minimum atomic E-state index is 0.206. The molecule has 3 heteroatoms. The monoisotopic (exact) mass is 236 g/mol. The van der Waals surface area contributed by atoms with E-state index in [9.17, 15) is 0 Å². The summed E-state index contributed by atoms with van der Waals surface area (Å²) in [5, 5.41) is 0. The summed E-state index contributed by atoms with van der Waals surface area (Å²) in [6.07, 6.45) is 0. The van der Waals surface area contributed by atoms with Crippen molar-refractivity contribution in [1.82, 2.24) is 0 Å². The van der Waals surface area contributed by atoms with Gasteiger partial charge in [0, 0.05) is 9.64 Å². The summed E-state index contributed by atoms with van der Waals surface area (Å²) in [5.41, 5.74) is 0.819. The SMILES string of the molecule is [B]c1ccc(SC(C)(C)C(C)CS)cc1. The lowest BCUT2D eigenvalue weighted by atomic mass is 9.97. The number of thioether (sulfide) groups is 1. The zero-order chi connectivity index (χ0) is 11.5. The standard InChI is InChI=1S/C12H17BS2/c1-9(8-14)12(2,3)15-11-6-4-10(13)5-7-11/h4-7,9,14H,8H2,1-3H3. The zero-order valence-electron chi connectivity index (χ0n) is 9.53. The normalized spacial score (nSPS) is 13.9. The first-order valence-corrected chi connectivity index (χ1v) is 6.56. The van der Waals surface area contributed by atoms with Crippen molar-refractivity contribution in [3.63, 3.8) is 0 Å². The molecular weight excluding hydrogens is 219 g/mol. The van der Waals surface area contributed by atoms with Gasteiger partial charge >= 0.3 is 0 Å². The molecule has 0 saturated heterocycles. The highest BCUT2D eigenvalue weighted by Gasteiger charge is 2.25. The maximum absolute atomic E-state index is 5.65. The predicted octanol–water partition coefficient (Wildman–Crippen LogP) is 2.92. The Kier molecular flexibility index (Phi) is 4.66. The maximum Gasteiger partial charge on any atom is 0.113 e. The molecule has 0 aliphatic carbocycles. The Morgan fingerprint density at radius 3 is 2.33 bits per heavy atom. The first-order chi connectivity index (χ1) is 6.95. The van der Waals surface area contributed by atoms with Crippen molar-refractivity contribution in [2.75, 3.05) is 5.75 Å². The summed E-state index contributed by atoms with van der Waals surface area (Å²) < 4.78 is 0.206. The van der Waals surface area contributed by atoms with Gasteiger partial charge in [0.2, 0.25) is 0 Å². The molecule has 2 radical (unpaired) electrons. The van der Waals surface area contributed by atoms with Crippen LogP contribution in [0.15, 0.2) is 29.2 Å². The van der Waals surface area contributed by atoms with E-state index in [-0.39, 0.29) is 4.75 Å². The third-order valence-corrected chi connectivity index (χ3v) is 4.71. The van der Waals surface area contributed by atoms with Crippen molar-refractivity contribution >= 4 is 37.7 Å². The summed E-state index contributed by atoms with van der Waals surface area (Å²) in [4.78, 5) is 1.27. The Balaban J connectivity index is 2.72. The first-order valence-electron chi connectivity index (χ1n) is 5.11. The van der Waals surface area contributed by atoms with E-state index in [0.29, 0.717) is 5.92 Å². The van der Waals surface area contributed by atoms with Crippen molar-refractivity contribution in [3.05, 3.63) is 24.3 Å². The van der Waals surface area contributed by atoms with E-state index >= 15 is 0 Å². The van der Waals surface area contributed by atoms with Gasteiger partial charge in [0.25, 0.3) is 0 Å². The molecule has 0 amide bonds. The van der Waals surface area contributed by atoms with Gasteiger partial charge in [-0.15, -0.1) is 11.8 Å². The van der Waals surface area contributed by atoms with Gasteiger partial charge in [-0.25, -0.2) is 0 Å². The van der Waals surface area contributed by atoms with E-state index < -0.39 is 0 Å². The van der Waals surface area contributed by atoms with Crippen molar-refractivity contribution in [3.8, 4) is 0 Å². The fourth-order valence-electron chi connectivity index (χ4n) is 1.16. The molecule has 15 heavy (non-hydrogen) atoms. The summed E-state index contributed by atoms with van der Waals surface area (Å²) in [6, 6.07) is 8.05. The second-order valence-electron chi connectivity index (χ2n) is 4.36. The fraction of sp³-hybridized carbons (Fsp3) is 0.500. The quantitative estimate of drug-likeness (QED) is 0.476. The molecule has 0 spiro atoms. The maximum atomic E-state index is 5.65. The van der Waals surface area contributed by atoms with E-state index in [4.69, 9.17) is 7.85 Å². The average Bonchev–Trinajstić information content (AvgIpc) is 2.20. The molecule has 1 unspecified atom stereocenters. The highest BCUT2D eigenvalue weighted by atomic mass is 32.2. The lowest BCUT2D eigenvalue weighted by molar-refractivity contribution is 0.513. The molecule has 1 atom stereocenters. The minimum absolute atomic E-state index is 0.206. The van der Waals surface area contributed by atoms with Crippen LogP contribution in [0.2, 0.25) is 0 Å². The van der Waals surface area contributed by atoms with Crippen molar-refractivity contribution in [2.45, 2.75) is 30.4 Å². The molecule has 1 aromatic carbocycles. The largest absolute Gasteiger partial charge is 0.179 e. The van der Waals surface area contributed by atoms with Crippen LogP contribution in [0.4, 0.5) is 0 Å². The van der Waals surface area contributed by atoms with Gasteiger partial charge in [-0.05, 0) is 23.8 Å². The van der Waals surface area contributed by atoms with Crippen LogP contribution in [-0.4, -0.2) is 18.3 Å². The van der Waals surface area contributed by atoms with Crippen LogP contribution >= 0.6 is 24.4 Å². The van der Waals surface area contributed by atoms with Gasteiger partial charge in [0.15, 0.2) is 0 Å². The highest BCUT2D eigenvalue weighted by molar-refractivity contribution is 8.00. The molecule has 0 N–H and O–H groups in total. The van der Waals surface area contributed by atoms with E-state index in [2.05, 4.69) is 45.5 Å². The second-order valence-corrected chi connectivity index (χ2v) is 6.45. The van der Waals surface area contributed by atoms with E-state index in [1.165, 1.54) is 4.90 Å². The minimum Gasteiger partial charge on any atom is -0.179 e. The Hall–Kier alpha value is -0.0151. The number of rotatable bonds is 4. The van der Waals surface area contributed by atoms with Crippen LogP contribution in [0.1, 0.15) is 20.8 Å². The Morgan fingerprint density at radius 1 is 1.33 bits per heavy atom. The van der Waals surface area contributed by atoms with Crippen LogP contribution in [0.5, 0.6) is 0 Å². The first kappa shape index (κ1) is 13.1. The predicted molar refractivity (Wildman–Crippen MR) is 74.8 cm³/mol. The summed E-state index contributed by atoms with van der Waals surface area (Å²) in [5.74, 6) is 1.48. The van der Waals surface area contributed by atoms with Crippen molar-refractivity contribution in [2.24, 2.45) is 5.92 Å². The molecule has 0 aromatic heterocycles. The third kappa shape index (κ3) is 3.80. The lowest BCUT2D eigenvalue weighted by Crippen LogP contribution is -2.26. The van der Waals surface area contributed by atoms with Gasteiger partial charge in [-0.1, -0.05) is 38.4 Å². The molecule has 0 nitrogen and oxygen atoms in total. The van der Waals surface area contributed by atoms with Crippen LogP contribution in [0.25, 0.3) is 0 Å². The lowest BCUT2D eigenvalue weighted by Gasteiger charge is -2.30. The average molecular weight is 236 g/mol. The molecule has 0 saturated carbocycles. The van der Waals surface area contributed by atoms with Gasteiger partial charge in [-0.3, -0.25) is 0 Å². The molecular formula is C12H17BS2. The molecule has 1 aromatic rings. The molecule has 0 aliphatic rings. The van der Waals surface area contributed by atoms with Crippen LogP contribution < -0.4 is 5.46 Å². The highest BCUT2D eigenvalue weighted by Crippen LogP contribution is 2.38. The van der Waals surface area contributed by atoms with Gasteiger partial charge in [0.05, 0.1) is 0 Å². The molecule has 0 aliphatic heterocycles. The summed E-state index contributed by atoms with van der Waals surface area (Å²) >= 11 is 6.24. The Labute approximate surface area is 104 Å². The van der Waals surface area contributed by atoms with E-state index in [0.717, 1.165) is 11.2 Å². The van der Waals surface area contributed by atoms with Gasteiger partial charge < -0.3 is 0 Å². The summed E-state index contributed by atoms with van der Waals surface area (Å²) in [7, 11) is 5.65. The van der Waals surface area contributed by atoms with E-state index in [1.54, 1.807) is 0 Å². The fourth-order valence-corrected chi connectivity index (χ4v) is 2.90. The molecule has 1 rings (SSSR count). The van der Waals surface area contributed by atoms with E-state index in [1.807, 2.05) is 23.9 Å². The summed E-state index contributed by atoms with van der Waals surface area (Å²) in [6.45, 7) is 6.75. The molecule has 0 heterocycles. The van der Waals surface area contributed by atoms with Crippen LogP contribution in [0, 0.1) is 5.92 Å². The van der Waals surface area contributed by atoms with Crippen LogP contribution in [-0.2, 0) is 0 Å². The Bertz CT molecular complexity index is 306. The van der Waals surface area contributed by atoms with Crippen LogP contribution in [0.3, 0.4) is 0 Å². The number of benzene rings is 1.